The summed E-state index contributed by atoms with van der Waals surface area (Å²) in [4.78, 5) is 25.0. The molecule has 0 saturated carbocycles. The van der Waals surface area contributed by atoms with Crippen LogP contribution in [0.5, 0.6) is 5.75 Å². The van der Waals surface area contributed by atoms with Gasteiger partial charge in [0, 0.05) is 0 Å². The summed E-state index contributed by atoms with van der Waals surface area (Å²) in [5.41, 5.74) is 2.26. The van der Waals surface area contributed by atoms with Gasteiger partial charge < -0.3 is 14.8 Å². The van der Waals surface area contributed by atoms with E-state index in [0.717, 1.165) is 11.1 Å². The molecule has 0 spiro atoms. The lowest BCUT2D eigenvalue weighted by molar-refractivity contribution is -0.154. The van der Waals surface area contributed by atoms with Gasteiger partial charge in [0.1, 0.15) is 0 Å². The third-order valence-corrected chi connectivity index (χ3v) is 4.79. The van der Waals surface area contributed by atoms with Gasteiger partial charge in [0.05, 0.1) is 19.6 Å². The second-order valence-corrected chi connectivity index (χ2v) is 7.04. The molecule has 1 N–H and O–H groups in total. The van der Waals surface area contributed by atoms with Crippen molar-refractivity contribution in [3.05, 3.63) is 101 Å². The van der Waals surface area contributed by atoms with Crippen LogP contribution in [-0.2, 0) is 20.7 Å². The molecular weight excluding hydrogens is 397 g/mol. The Balaban J connectivity index is 1.65. The molecule has 5 nitrogen and oxygen atoms in total. The van der Waals surface area contributed by atoms with Crippen LogP contribution in [0.4, 0.5) is 4.39 Å². The maximum atomic E-state index is 13.8. The zero-order valence-electron chi connectivity index (χ0n) is 17.4. The van der Waals surface area contributed by atoms with Gasteiger partial charge in [0.2, 0.25) is 0 Å². The predicted octanol–water partition coefficient (Wildman–Crippen LogP) is 4.21. The van der Waals surface area contributed by atoms with Crippen molar-refractivity contribution < 1.29 is 23.5 Å². The van der Waals surface area contributed by atoms with Gasteiger partial charge >= 0.3 is 5.97 Å². The van der Waals surface area contributed by atoms with Gasteiger partial charge in [-0.2, -0.15) is 0 Å². The van der Waals surface area contributed by atoms with Crippen LogP contribution < -0.4 is 10.1 Å². The van der Waals surface area contributed by atoms with Gasteiger partial charge in [0.15, 0.2) is 17.7 Å². The van der Waals surface area contributed by atoms with Crippen LogP contribution in [0.2, 0.25) is 0 Å². The summed E-state index contributed by atoms with van der Waals surface area (Å²) in [6.07, 6.45) is -1.16. The number of benzene rings is 3. The van der Waals surface area contributed by atoms with Crippen molar-refractivity contribution in [1.82, 2.24) is 5.32 Å². The first-order valence-corrected chi connectivity index (χ1v) is 9.90. The first kappa shape index (κ1) is 22.0. The SMILES string of the molecule is COc1ccc(CC(=O)O[C@@H](C)C(=O)NC(c2ccccc2)c2ccccc2)cc1F. The standard InChI is InChI=1S/C25H24FNO4/c1-17(31-23(28)16-18-13-14-22(30-2)21(26)15-18)25(29)27-24(19-9-5-3-6-10-19)20-11-7-4-8-12-20/h3-15,17,24H,16H2,1-2H3,(H,27,29)/t17-/m0/s1. The third-order valence-electron chi connectivity index (χ3n) is 4.79. The molecule has 0 fully saturated rings. The van der Waals surface area contributed by atoms with E-state index in [1.165, 1.54) is 26.2 Å². The molecule has 3 aromatic carbocycles. The molecule has 0 aromatic heterocycles. The third kappa shape index (κ3) is 5.92. The lowest BCUT2D eigenvalue weighted by Gasteiger charge is -2.22. The minimum atomic E-state index is -1.01. The zero-order valence-corrected chi connectivity index (χ0v) is 17.4. The van der Waals surface area contributed by atoms with Crippen molar-refractivity contribution in [2.24, 2.45) is 0 Å². The number of nitrogens with one attached hydrogen (secondary N) is 1. The van der Waals surface area contributed by atoms with E-state index in [0.29, 0.717) is 5.56 Å². The number of ether oxygens (including phenoxy) is 2. The minimum Gasteiger partial charge on any atom is -0.494 e. The van der Waals surface area contributed by atoms with E-state index in [2.05, 4.69) is 5.32 Å². The van der Waals surface area contributed by atoms with Crippen LogP contribution >= 0.6 is 0 Å². The van der Waals surface area contributed by atoms with E-state index in [9.17, 15) is 14.0 Å². The van der Waals surface area contributed by atoms with Crippen molar-refractivity contribution in [3.63, 3.8) is 0 Å². The summed E-state index contributed by atoms with van der Waals surface area (Å²) >= 11 is 0. The highest BCUT2D eigenvalue weighted by Crippen LogP contribution is 2.22. The van der Waals surface area contributed by atoms with E-state index >= 15 is 0 Å². The van der Waals surface area contributed by atoms with E-state index in [4.69, 9.17) is 9.47 Å². The van der Waals surface area contributed by atoms with E-state index in [-0.39, 0.29) is 18.2 Å². The summed E-state index contributed by atoms with van der Waals surface area (Å²) in [6, 6.07) is 22.9. The molecule has 6 heteroatoms. The van der Waals surface area contributed by atoms with Crippen LogP contribution in [-0.4, -0.2) is 25.1 Å². The van der Waals surface area contributed by atoms with Gasteiger partial charge in [-0.05, 0) is 35.7 Å². The van der Waals surface area contributed by atoms with Crippen molar-refractivity contribution in [2.45, 2.75) is 25.5 Å². The summed E-state index contributed by atoms with van der Waals surface area (Å²) in [5.74, 6) is -1.51. The number of carbonyl (C=O) groups is 2. The summed E-state index contributed by atoms with van der Waals surface area (Å²) < 4.78 is 24.0. The van der Waals surface area contributed by atoms with Gasteiger partial charge in [-0.3, -0.25) is 9.59 Å². The second-order valence-electron chi connectivity index (χ2n) is 7.04. The summed E-state index contributed by atoms with van der Waals surface area (Å²) in [6.45, 7) is 1.51. The van der Waals surface area contributed by atoms with Gasteiger partial charge in [-0.15, -0.1) is 0 Å². The Kier molecular flexibility index (Phi) is 7.38. The van der Waals surface area contributed by atoms with Crippen LogP contribution in [0.25, 0.3) is 0 Å². The smallest absolute Gasteiger partial charge is 0.311 e. The Morgan fingerprint density at radius 2 is 1.52 bits per heavy atom. The average Bonchev–Trinajstić information content (AvgIpc) is 2.78. The Labute approximate surface area is 180 Å². The molecule has 3 rings (SSSR count). The predicted molar refractivity (Wildman–Crippen MR) is 115 cm³/mol. The molecule has 0 radical (unpaired) electrons. The van der Waals surface area contributed by atoms with Gasteiger partial charge in [-0.1, -0.05) is 66.7 Å². The number of halogens is 1. The van der Waals surface area contributed by atoms with Gasteiger partial charge in [-0.25, -0.2) is 4.39 Å². The molecule has 0 unspecified atom stereocenters. The van der Waals surface area contributed by atoms with E-state index in [1.807, 2.05) is 60.7 Å². The number of hydrogen-bond acceptors (Lipinski definition) is 4. The first-order valence-electron chi connectivity index (χ1n) is 9.90. The lowest BCUT2D eigenvalue weighted by Crippen LogP contribution is -2.38. The highest BCUT2D eigenvalue weighted by molar-refractivity contribution is 5.84. The molecule has 0 heterocycles. The fraction of sp³-hybridized carbons (Fsp3) is 0.200. The number of carbonyl (C=O) groups excluding carboxylic acids is 2. The Hall–Kier alpha value is -3.67. The number of methoxy groups -OCH3 is 1. The molecule has 0 bridgehead atoms. The van der Waals surface area contributed by atoms with Crippen LogP contribution in [0.3, 0.4) is 0 Å². The van der Waals surface area contributed by atoms with Gasteiger partial charge in [0.25, 0.3) is 5.91 Å². The fourth-order valence-corrected chi connectivity index (χ4v) is 3.19. The lowest BCUT2D eigenvalue weighted by atomic mass is 9.98. The van der Waals surface area contributed by atoms with Crippen molar-refractivity contribution in [1.29, 1.82) is 0 Å². The molecule has 0 aliphatic heterocycles. The van der Waals surface area contributed by atoms with Crippen molar-refractivity contribution in [3.8, 4) is 5.75 Å². The number of hydrogen-bond donors (Lipinski definition) is 1. The maximum absolute atomic E-state index is 13.8. The Morgan fingerprint density at radius 1 is 0.935 bits per heavy atom. The van der Waals surface area contributed by atoms with Crippen molar-refractivity contribution >= 4 is 11.9 Å². The van der Waals surface area contributed by atoms with E-state index < -0.39 is 23.8 Å². The second kappa shape index (κ2) is 10.4. The quantitative estimate of drug-likeness (QED) is 0.554. The topological polar surface area (TPSA) is 64.6 Å². The minimum absolute atomic E-state index is 0.0951. The zero-order chi connectivity index (χ0) is 22.2. The highest BCUT2D eigenvalue weighted by atomic mass is 19.1. The number of amides is 1. The highest BCUT2D eigenvalue weighted by Gasteiger charge is 2.23. The Bertz CT molecular complexity index is 985. The van der Waals surface area contributed by atoms with Crippen LogP contribution in [0.1, 0.15) is 29.7 Å². The molecule has 3 aromatic rings. The monoisotopic (exact) mass is 421 g/mol. The molecule has 160 valence electrons. The summed E-state index contributed by atoms with van der Waals surface area (Å²) in [7, 11) is 1.37. The normalized spacial score (nSPS) is 11.6. The number of rotatable bonds is 8. The summed E-state index contributed by atoms with van der Waals surface area (Å²) in [5, 5.41) is 2.95. The van der Waals surface area contributed by atoms with Crippen molar-refractivity contribution in [2.75, 3.05) is 7.11 Å². The molecule has 0 saturated heterocycles. The van der Waals surface area contributed by atoms with Crippen LogP contribution in [0, 0.1) is 5.82 Å². The largest absolute Gasteiger partial charge is 0.494 e. The number of esters is 1. The maximum Gasteiger partial charge on any atom is 0.311 e. The average molecular weight is 421 g/mol. The Morgan fingerprint density at radius 3 is 2.03 bits per heavy atom. The molecule has 0 aliphatic rings. The molecule has 1 atom stereocenters. The molecular formula is C25H24FNO4. The van der Waals surface area contributed by atoms with Crippen LogP contribution in [0.15, 0.2) is 78.9 Å². The molecule has 1 amide bonds. The fourth-order valence-electron chi connectivity index (χ4n) is 3.19. The molecule has 0 aliphatic carbocycles. The van der Waals surface area contributed by atoms with E-state index in [1.54, 1.807) is 6.07 Å². The first-order chi connectivity index (χ1) is 15.0. The molecule has 31 heavy (non-hydrogen) atoms.